The number of Topliss-reactive ketones (excluding diaryl/α,β-unsaturated/α-hetero) is 1. The van der Waals surface area contributed by atoms with Crippen LogP contribution in [-0.4, -0.2) is 47.4 Å². The Balaban J connectivity index is 2.31. The van der Waals surface area contributed by atoms with E-state index < -0.39 is 11.9 Å². The van der Waals surface area contributed by atoms with Crippen molar-refractivity contribution in [1.29, 1.82) is 0 Å². The Morgan fingerprint density at radius 2 is 2.08 bits per heavy atom. The third-order valence-electron chi connectivity index (χ3n) is 4.70. The first-order valence-electron chi connectivity index (χ1n) is 8.57. The quantitative estimate of drug-likeness (QED) is 0.487. The van der Waals surface area contributed by atoms with E-state index >= 15 is 0 Å². The molecule has 0 bridgehead atoms. The maximum Gasteiger partial charge on any atom is 0.323 e. The molecule has 142 valence electrons. The molecule has 0 radical (unpaired) electrons. The van der Waals surface area contributed by atoms with Crippen LogP contribution < -0.4 is 4.74 Å². The Hall–Kier alpha value is -1.64. The molecule has 1 aliphatic carbocycles. The van der Waals surface area contributed by atoms with Crippen molar-refractivity contribution in [1.82, 2.24) is 4.90 Å². The highest BCUT2D eigenvalue weighted by Crippen LogP contribution is 2.41. The van der Waals surface area contributed by atoms with E-state index in [0.717, 1.165) is 17.7 Å². The van der Waals surface area contributed by atoms with Gasteiger partial charge in [-0.25, -0.2) is 0 Å². The first-order chi connectivity index (χ1) is 12.2. The number of aliphatic carboxylic acids is 1. The standard InChI is InChI=1S/C19H24INO5/c1-11(8-12(2)22)19(25)21(10-17(23)24)16-7-5-13-4-6-14(26-3)9-15(13)18(16)20/h4,6,9,11,16,18H,5,7-8,10H2,1-3H3,(H,23,24). The highest BCUT2D eigenvalue weighted by atomic mass is 127. The van der Waals surface area contributed by atoms with Crippen molar-refractivity contribution in [2.45, 2.75) is 43.1 Å². The molecule has 1 aromatic carbocycles. The van der Waals surface area contributed by atoms with Gasteiger partial charge in [0.1, 0.15) is 18.1 Å². The van der Waals surface area contributed by atoms with Gasteiger partial charge in [0.25, 0.3) is 0 Å². The molecular formula is C19H24INO5. The van der Waals surface area contributed by atoms with Crippen LogP contribution in [0.5, 0.6) is 5.75 Å². The normalized spacial score (nSPS) is 20.0. The number of ether oxygens (including phenoxy) is 1. The van der Waals surface area contributed by atoms with E-state index in [1.165, 1.54) is 17.4 Å². The van der Waals surface area contributed by atoms with Gasteiger partial charge in [0.05, 0.1) is 11.0 Å². The summed E-state index contributed by atoms with van der Waals surface area (Å²) in [4.78, 5) is 37.1. The molecular weight excluding hydrogens is 449 g/mol. The van der Waals surface area contributed by atoms with Crippen LogP contribution in [0.2, 0.25) is 0 Å². The molecule has 2 rings (SSSR count). The van der Waals surface area contributed by atoms with Crippen LogP contribution >= 0.6 is 22.6 Å². The maximum atomic E-state index is 12.9. The van der Waals surface area contributed by atoms with E-state index in [9.17, 15) is 19.5 Å². The Kier molecular flexibility index (Phi) is 7.02. The number of rotatable bonds is 7. The van der Waals surface area contributed by atoms with E-state index in [1.807, 2.05) is 18.2 Å². The first kappa shape index (κ1) is 20.7. The summed E-state index contributed by atoms with van der Waals surface area (Å²) in [6.07, 6.45) is 1.59. The summed E-state index contributed by atoms with van der Waals surface area (Å²) >= 11 is 2.28. The van der Waals surface area contributed by atoms with Gasteiger partial charge < -0.3 is 19.5 Å². The van der Waals surface area contributed by atoms with Gasteiger partial charge in [-0.3, -0.25) is 9.59 Å². The minimum Gasteiger partial charge on any atom is -0.497 e. The number of hydrogen-bond donors (Lipinski definition) is 1. The van der Waals surface area contributed by atoms with Crippen LogP contribution in [0.25, 0.3) is 0 Å². The highest BCUT2D eigenvalue weighted by molar-refractivity contribution is 14.1. The molecule has 1 N–H and O–H groups in total. The van der Waals surface area contributed by atoms with Gasteiger partial charge in [0.2, 0.25) is 5.91 Å². The van der Waals surface area contributed by atoms with Crippen molar-refractivity contribution in [2.24, 2.45) is 5.92 Å². The molecule has 6 nitrogen and oxygen atoms in total. The predicted molar refractivity (Wildman–Crippen MR) is 106 cm³/mol. The molecule has 0 fully saturated rings. The van der Waals surface area contributed by atoms with Gasteiger partial charge in [0, 0.05) is 18.4 Å². The Labute approximate surface area is 167 Å². The number of carboxylic acid groups (broad SMARTS) is 1. The topological polar surface area (TPSA) is 83.9 Å². The molecule has 0 saturated heterocycles. The maximum absolute atomic E-state index is 12.9. The number of carboxylic acids is 1. The van der Waals surface area contributed by atoms with Crippen LogP contribution in [0, 0.1) is 5.92 Å². The third kappa shape index (κ3) is 4.75. The average Bonchev–Trinajstić information content (AvgIpc) is 2.58. The number of carbonyl (C=O) groups excluding carboxylic acids is 2. The SMILES string of the molecule is COc1ccc2c(c1)C(I)C(N(CC(=O)O)C(=O)C(C)CC(C)=O)CC2. The number of hydrogen-bond acceptors (Lipinski definition) is 4. The van der Waals surface area contributed by atoms with Crippen molar-refractivity contribution in [3.8, 4) is 5.75 Å². The second-order valence-corrected chi connectivity index (χ2v) is 8.08. The number of carbonyl (C=O) groups is 3. The fourth-order valence-corrected chi connectivity index (χ4v) is 4.79. The zero-order valence-electron chi connectivity index (χ0n) is 15.2. The van der Waals surface area contributed by atoms with Gasteiger partial charge in [-0.2, -0.15) is 0 Å². The molecule has 1 aliphatic rings. The predicted octanol–water partition coefficient (Wildman–Crippen LogP) is 3.01. The molecule has 1 aromatic rings. The number of methoxy groups -OCH3 is 1. The molecule has 26 heavy (non-hydrogen) atoms. The number of fused-ring (bicyclic) bond motifs is 1. The fraction of sp³-hybridized carbons (Fsp3) is 0.526. The molecule has 0 heterocycles. The van der Waals surface area contributed by atoms with Crippen LogP contribution in [0.1, 0.15) is 41.7 Å². The van der Waals surface area contributed by atoms with E-state index in [1.54, 1.807) is 14.0 Å². The molecule has 0 aromatic heterocycles. The van der Waals surface area contributed by atoms with E-state index in [0.29, 0.717) is 6.42 Å². The van der Waals surface area contributed by atoms with Gasteiger partial charge in [-0.05, 0) is 43.0 Å². The van der Waals surface area contributed by atoms with Crippen LogP contribution in [0.15, 0.2) is 18.2 Å². The number of halogens is 1. The minimum absolute atomic E-state index is 0.0423. The number of aryl methyl sites for hydroxylation is 1. The largest absolute Gasteiger partial charge is 0.497 e. The third-order valence-corrected chi connectivity index (χ3v) is 6.20. The smallest absolute Gasteiger partial charge is 0.323 e. The molecule has 3 atom stereocenters. The molecule has 0 aliphatic heterocycles. The second-order valence-electron chi connectivity index (χ2n) is 6.74. The molecule has 0 spiro atoms. The van der Waals surface area contributed by atoms with Gasteiger partial charge in [-0.15, -0.1) is 0 Å². The van der Waals surface area contributed by atoms with E-state index in [4.69, 9.17) is 4.74 Å². The number of benzene rings is 1. The summed E-state index contributed by atoms with van der Waals surface area (Å²) in [6.45, 7) is 2.76. The van der Waals surface area contributed by atoms with E-state index in [-0.39, 0.29) is 34.6 Å². The Morgan fingerprint density at radius 3 is 2.65 bits per heavy atom. The lowest BCUT2D eigenvalue weighted by molar-refractivity contribution is -0.148. The summed E-state index contributed by atoms with van der Waals surface area (Å²) in [6, 6.07) is 5.67. The van der Waals surface area contributed by atoms with Crippen LogP contribution in [0.4, 0.5) is 0 Å². The summed E-state index contributed by atoms with van der Waals surface area (Å²) in [7, 11) is 1.61. The number of ketones is 1. The van der Waals surface area contributed by atoms with Crippen molar-refractivity contribution < 1.29 is 24.2 Å². The number of nitrogens with zero attached hydrogens (tertiary/aromatic N) is 1. The highest BCUT2D eigenvalue weighted by Gasteiger charge is 2.37. The Morgan fingerprint density at radius 1 is 1.38 bits per heavy atom. The molecule has 7 heteroatoms. The monoisotopic (exact) mass is 473 g/mol. The molecule has 1 amide bonds. The lowest BCUT2D eigenvalue weighted by Gasteiger charge is -2.39. The van der Waals surface area contributed by atoms with Gasteiger partial charge >= 0.3 is 5.97 Å². The van der Waals surface area contributed by atoms with Crippen LogP contribution in [0.3, 0.4) is 0 Å². The van der Waals surface area contributed by atoms with Gasteiger partial charge in [-0.1, -0.05) is 35.6 Å². The lowest BCUT2D eigenvalue weighted by atomic mass is 9.86. The average molecular weight is 473 g/mol. The summed E-state index contributed by atoms with van der Waals surface area (Å²) in [5.74, 6) is -1.19. The Bertz CT molecular complexity index is 705. The van der Waals surface area contributed by atoms with Crippen molar-refractivity contribution >= 4 is 40.3 Å². The number of amides is 1. The summed E-state index contributed by atoms with van der Waals surface area (Å²) < 4.78 is 5.26. The fourth-order valence-electron chi connectivity index (χ4n) is 3.46. The zero-order chi connectivity index (χ0) is 19.4. The van der Waals surface area contributed by atoms with Crippen LogP contribution in [-0.2, 0) is 20.8 Å². The van der Waals surface area contributed by atoms with Crippen molar-refractivity contribution in [3.63, 3.8) is 0 Å². The molecule has 0 saturated carbocycles. The summed E-state index contributed by atoms with van der Waals surface area (Å²) in [5.41, 5.74) is 2.27. The first-order valence-corrected chi connectivity index (χ1v) is 9.81. The lowest BCUT2D eigenvalue weighted by Crippen LogP contribution is -2.49. The molecule has 3 unspecified atom stereocenters. The van der Waals surface area contributed by atoms with Gasteiger partial charge in [0.15, 0.2) is 0 Å². The minimum atomic E-state index is -1.05. The zero-order valence-corrected chi connectivity index (χ0v) is 17.4. The van der Waals surface area contributed by atoms with Crippen molar-refractivity contribution in [2.75, 3.05) is 13.7 Å². The van der Waals surface area contributed by atoms with E-state index in [2.05, 4.69) is 22.6 Å². The summed E-state index contributed by atoms with van der Waals surface area (Å²) in [5, 5.41) is 9.31. The number of alkyl halides is 1. The van der Waals surface area contributed by atoms with Crippen molar-refractivity contribution in [3.05, 3.63) is 29.3 Å². The second kappa shape index (κ2) is 8.83.